The lowest BCUT2D eigenvalue weighted by Gasteiger charge is -2.34. The Bertz CT molecular complexity index is 886. The van der Waals surface area contributed by atoms with Gasteiger partial charge in [0.05, 0.1) is 11.6 Å². The van der Waals surface area contributed by atoms with Gasteiger partial charge in [0.15, 0.2) is 11.6 Å². The van der Waals surface area contributed by atoms with Gasteiger partial charge in [-0.05, 0) is 31.4 Å². The molecule has 0 aromatic carbocycles. The molecule has 1 fully saturated rings. The standard InChI is InChI=1S/C17H20N6O2/c1-25-11-14-19-16(21-20-14)13-4-2-3-8-23(13)17(24)12-5-6-15-18-7-9-22(15)10-12/h5-7,9-10,13H,2-4,8,11H2,1H3,(H,19,20,21)/t13-/m1/s1. The normalized spacial score (nSPS) is 18.0. The van der Waals surface area contributed by atoms with Gasteiger partial charge < -0.3 is 14.0 Å². The molecule has 130 valence electrons. The molecule has 1 saturated heterocycles. The lowest BCUT2D eigenvalue weighted by Crippen LogP contribution is -2.39. The number of H-pyrrole nitrogens is 1. The zero-order valence-corrected chi connectivity index (χ0v) is 14.1. The molecule has 1 atom stereocenters. The molecule has 4 rings (SSSR count). The summed E-state index contributed by atoms with van der Waals surface area (Å²) < 4.78 is 6.94. The number of carbonyl (C=O) groups is 1. The molecule has 0 saturated carbocycles. The van der Waals surface area contributed by atoms with Crippen LogP contribution in [0.1, 0.15) is 47.3 Å². The van der Waals surface area contributed by atoms with E-state index in [1.807, 2.05) is 33.8 Å². The molecule has 1 amide bonds. The van der Waals surface area contributed by atoms with Crippen molar-refractivity contribution in [2.45, 2.75) is 31.9 Å². The van der Waals surface area contributed by atoms with E-state index in [1.165, 1.54) is 0 Å². The predicted octanol–water partition coefficient (Wildman–Crippen LogP) is 1.97. The number of piperidine rings is 1. The minimum absolute atomic E-state index is 0.00149. The Morgan fingerprint density at radius 1 is 1.40 bits per heavy atom. The van der Waals surface area contributed by atoms with Gasteiger partial charge in [0.1, 0.15) is 12.3 Å². The van der Waals surface area contributed by atoms with Gasteiger partial charge in [0.2, 0.25) is 0 Å². The van der Waals surface area contributed by atoms with E-state index in [4.69, 9.17) is 4.74 Å². The molecule has 0 radical (unpaired) electrons. The van der Waals surface area contributed by atoms with Crippen LogP contribution in [-0.4, -0.2) is 49.0 Å². The Morgan fingerprint density at radius 3 is 3.20 bits per heavy atom. The van der Waals surface area contributed by atoms with Gasteiger partial charge >= 0.3 is 0 Å². The number of imidazole rings is 1. The Balaban J connectivity index is 1.61. The van der Waals surface area contributed by atoms with E-state index in [0.717, 1.165) is 24.9 Å². The molecule has 25 heavy (non-hydrogen) atoms. The number of hydrogen-bond acceptors (Lipinski definition) is 5. The summed E-state index contributed by atoms with van der Waals surface area (Å²) in [6.45, 7) is 1.09. The monoisotopic (exact) mass is 340 g/mol. The Kier molecular flexibility index (Phi) is 4.19. The van der Waals surface area contributed by atoms with Gasteiger partial charge in [0.25, 0.3) is 5.91 Å². The fourth-order valence-electron chi connectivity index (χ4n) is 3.32. The number of likely N-dealkylation sites (tertiary alicyclic amines) is 1. The first-order valence-corrected chi connectivity index (χ1v) is 8.40. The Hall–Kier alpha value is -2.74. The van der Waals surface area contributed by atoms with Crippen molar-refractivity contribution in [1.29, 1.82) is 0 Å². The van der Waals surface area contributed by atoms with Crippen LogP contribution < -0.4 is 0 Å². The van der Waals surface area contributed by atoms with E-state index in [0.29, 0.717) is 30.4 Å². The molecule has 1 N–H and O–H groups in total. The van der Waals surface area contributed by atoms with Crippen molar-refractivity contribution in [2.75, 3.05) is 13.7 Å². The molecule has 4 heterocycles. The first-order chi connectivity index (χ1) is 12.3. The Labute approximate surface area is 144 Å². The summed E-state index contributed by atoms with van der Waals surface area (Å²) in [5.74, 6) is 1.33. The number of amides is 1. The fourth-order valence-corrected chi connectivity index (χ4v) is 3.32. The van der Waals surface area contributed by atoms with Gasteiger partial charge in [-0.1, -0.05) is 0 Å². The zero-order chi connectivity index (χ0) is 17.2. The van der Waals surface area contributed by atoms with Crippen LogP contribution in [0.2, 0.25) is 0 Å². The zero-order valence-electron chi connectivity index (χ0n) is 14.1. The third kappa shape index (κ3) is 3.00. The van der Waals surface area contributed by atoms with Crippen LogP contribution in [0.5, 0.6) is 0 Å². The highest BCUT2D eigenvalue weighted by molar-refractivity contribution is 5.94. The number of pyridine rings is 1. The van der Waals surface area contributed by atoms with Crippen LogP contribution in [0.3, 0.4) is 0 Å². The van der Waals surface area contributed by atoms with Crippen molar-refractivity contribution >= 4 is 11.6 Å². The van der Waals surface area contributed by atoms with Crippen molar-refractivity contribution in [1.82, 2.24) is 29.5 Å². The minimum atomic E-state index is -0.110. The van der Waals surface area contributed by atoms with Gasteiger partial charge in [0, 0.05) is 32.2 Å². The molecular formula is C17H20N6O2. The van der Waals surface area contributed by atoms with Crippen molar-refractivity contribution in [2.24, 2.45) is 0 Å². The van der Waals surface area contributed by atoms with Gasteiger partial charge in [-0.3, -0.25) is 9.89 Å². The van der Waals surface area contributed by atoms with Gasteiger partial charge in [-0.2, -0.15) is 5.10 Å². The third-order valence-corrected chi connectivity index (χ3v) is 4.53. The first-order valence-electron chi connectivity index (χ1n) is 8.40. The number of fused-ring (bicyclic) bond motifs is 1. The van der Waals surface area contributed by atoms with Crippen LogP contribution in [0, 0.1) is 0 Å². The third-order valence-electron chi connectivity index (χ3n) is 4.53. The molecule has 8 nitrogen and oxygen atoms in total. The van der Waals surface area contributed by atoms with Crippen LogP contribution in [0.15, 0.2) is 30.7 Å². The topological polar surface area (TPSA) is 88.4 Å². The average molecular weight is 340 g/mol. The second-order valence-corrected chi connectivity index (χ2v) is 6.19. The summed E-state index contributed by atoms with van der Waals surface area (Å²) in [6, 6.07) is 3.57. The van der Waals surface area contributed by atoms with Crippen LogP contribution >= 0.6 is 0 Å². The predicted molar refractivity (Wildman–Crippen MR) is 89.9 cm³/mol. The first kappa shape index (κ1) is 15.8. The van der Waals surface area contributed by atoms with Crippen LogP contribution in [0.25, 0.3) is 5.65 Å². The molecule has 0 aliphatic carbocycles. The quantitative estimate of drug-likeness (QED) is 0.784. The SMILES string of the molecule is COCc1nc([C@H]2CCCCN2C(=O)c2ccc3nccn3c2)n[nH]1. The highest BCUT2D eigenvalue weighted by Gasteiger charge is 2.31. The Morgan fingerprint density at radius 2 is 2.32 bits per heavy atom. The number of ether oxygens (including phenoxy) is 1. The number of hydrogen-bond donors (Lipinski definition) is 1. The lowest BCUT2D eigenvalue weighted by molar-refractivity contribution is 0.0599. The second-order valence-electron chi connectivity index (χ2n) is 6.19. The summed E-state index contributed by atoms with van der Waals surface area (Å²) >= 11 is 0. The van der Waals surface area contributed by atoms with E-state index >= 15 is 0 Å². The fraction of sp³-hybridized carbons (Fsp3) is 0.412. The number of methoxy groups -OCH3 is 1. The highest BCUT2D eigenvalue weighted by Crippen LogP contribution is 2.30. The molecule has 3 aromatic rings. The average Bonchev–Trinajstić information content (AvgIpc) is 3.30. The molecule has 0 spiro atoms. The van der Waals surface area contributed by atoms with Crippen molar-refractivity contribution in [3.8, 4) is 0 Å². The number of rotatable bonds is 4. The number of carbonyl (C=O) groups excluding carboxylic acids is 1. The number of aromatic amines is 1. The molecule has 0 unspecified atom stereocenters. The second kappa shape index (κ2) is 6.64. The summed E-state index contributed by atoms with van der Waals surface area (Å²) in [5.41, 5.74) is 1.47. The largest absolute Gasteiger partial charge is 0.377 e. The number of nitrogens with one attached hydrogen (secondary N) is 1. The number of nitrogens with zero attached hydrogens (tertiary/aromatic N) is 5. The molecule has 8 heteroatoms. The van der Waals surface area contributed by atoms with Gasteiger partial charge in [-0.15, -0.1) is 0 Å². The maximum Gasteiger partial charge on any atom is 0.255 e. The maximum atomic E-state index is 13.1. The molecule has 3 aromatic heterocycles. The minimum Gasteiger partial charge on any atom is -0.377 e. The molecule has 1 aliphatic heterocycles. The molecule has 0 bridgehead atoms. The van der Waals surface area contributed by atoms with Crippen molar-refractivity contribution in [3.05, 3.63) is 47.9 Å². The van der Waals surface area contributed by atoms with E-state index < -0.39 is 0 Å². The maximum absolute atomic E-state index is 13.1. The summed E-state index contributed by atoms with van der Waals surface area (Å²) in [6.07, 6.45) is 8.30. The molecular weight excluding hydrogens is 320 g/mol. The highest BCUT2D eigenvalue weighted by atomic mass is 16.5. The van der Waals surface area contributed by atoms with Crippen LogP contribution in [0.4, 0.5) is 0 Å². The lowest BCUT2D eigenvalue weighted by atomic mass is 10.0. The smallest absolute Gasteiger partial charge is 0.255 e. The van der Waals surface area contributed by atoms with E-state index in [2.05, 4.69) is 20.2 Å². The van der Waals surface area contributed by atoms with Crippen molar-refractivity contribution < 1.29 is 9.53 Å². The van der Waals surface area contributed by atoms with Gasteiger partial charge in [-0.25, -0.2) is 9.97 Å². The summed E-state index contributed by atoms with van der Waals surface area (Å²) in [5, 5.41) is 7.19. The summed E-state index contributed by atoms with van der Waals surface area (Å²) in [4.78, 5) is 23.7. The van der Waals surface area contributed by atoms with E-state index in [9.17, 15) is 4.79 Å². The van der Waals surface area contributed by atoms with Crippen molar-refractivity contribution in [3.63, 3.8) is 0 Å². The summed E-state index contributed by atoms with van der Waals surface area (Å²) in [7, 11) is 1.62. The van der Waals surface area contributed by atoms with E-state index in [-0.39, 0.29) is 11.9 Å². The molecule has 1 aliphatic rings. The van der Waals surface area contributed by atoms with E-state index in [1.54, 1.807) is 13.3 Å². The number of aromatic nitrogens is 5. The van der Waals surface area contributed by atoms with Crippen LogP contribution in [-0.2, 0) is 11.3 Å².